The Bertz CT molecular complexity index is 1910. The van der Waals surface area contributed by atoms with Crippen LogP contribution < -0.4 is 15.0 Å². The van der Waals surface area contributed by atoms with Crippen LogP contribution >= 0.6 is 0 Å². The molecule has 4 atom stereocenters. The molecule has 4 fully saturated rings. The molecule has 10 heteroatoms. The van der Waals surface area contributed by atoms with Gasteiger partial charge in [0, 0.05) is 68.1 Å². The van der Waals surface area contributed by atoms with Crippen LogP contribution in [-0.4, -0.2) is 89.1 Å². The van der Waals surface area contributed by atoms with E-state index in [1.54, 1.807) is 25.4 Å². The number of pyridine rings is 1. The third-order valence-corrected chi connectivity index (χ3v) is 10.2. The highest BCUT2D eigenvalue weighted by Crippen LogP contribution is 2.44. The average Bonchev–Trinajstić information content (AvgIpc) is 3.66. The summed E-state index contributed by atoms with van der Waals surface area (Å²) in [5, 5.41) is 16.1. The van der Waals surface area contributed by atoms with Crippen molar-refractivity contribution < 1.29 is 19.0 Å². The molecule has 0 aliphatic carbocycles. The lowest BCUT2D eigenvalue weighted by atomic mass is 9.90. The van der Waals surface area contributed by atoms with Gasteiger partial charge in [-0.05, 0) is 55.2 Å². The van der Waals surface area contributed by atoms with Crippen LogP contribution in [0.2, 0.25) is 0 Å². The van der Waals surface area contributed by atoms with Gasteiger partial charge in [-0.1, -0.05) is 30.2 Å². The quantitative estimate of drug-likeness (QED) is 0.226. The lowest BCUT2D eigenvalue weighted by Crippen LogP contribution is -2.51. The van der Waals surface area contributed by atoms with Crippen LogP contribution in [0.25, 0.3) is 32.9 Å². The molecule has 2 N–H and O–H groups in total. The zero-order valence-electron chi connectivity index (χ0n) is 25.9. The lowest BCUT2D eigenvalue weighted by molar-refractivity contribution is 0.107. The predicted molar refractivity (Wildman–Crippen MR) is 176 cm³/mol. The Morgan fingerprint density at radius 1 is 1.20 bits per heavy atom. The maximum atomic E-state index is 16.9. The first-order chi connectivity index (χ1) is 22.3. The van der Waals surface area contributed by atoms with E-state index in [9.17, 15) is 5.11 Å². The van der Waals surface area contributed by atoms with E-state index in [1.807, 2.05) is 12.1 Å². The van der Waals surface area contributed by atoms with E-state index in [-0.39, 0.29) is 28.5 Å². The molecule has 4 saturated heterocycles. The van der Waals surface area contributed by atoms with E-state index in [2.05, 4.69) is 32.6 Å². The van der Waals surface area contributed by atoms with E-state index >= 15 is 4.39 Å². The molecule has 0 saturated carbocycles. The summed E-state index contributed by atoms with van der Waals surface area (Å²) in [4.78, 5) is 18.9. The molecule has 9 nitrogen and oxygen atoms in total. The Labute approximate surface area is 267 Å². The topological polar surface area (TPSA) is 95.9 Å². The number of fused-ring (bicyclic) bond motifs is 5. The van der Waals surface area contributed by atoms with Crippen LogP contribution in [-0.2, 0) is 4.74 Å². The highest BCUT2D eigenvalue weighted by Gasteiger charge is 2.50. The Morgan fingerprint density at radius 2 is 2.02 bits per heavy atom. The van der Waals surface area contributed by atoms with Gasteiger partial charge in [-0.3, -0.25) is 9.88 Å². The Hall–Kier alpha value is -4.30. The third-order valence-electron chi connectivity index (χ3n) is 10.2. The number of anilines is 1. The Balaban J connectivity index is 1.24. The number of nitrogens with one attached hydrogen (secondary N) is 1. The van der Waals surface area contributed by atoms with Crippen molar-refractivity contribution in [3.63, 3.8) is 0 Å². The minimum absolute atomic E-state index is 0.00744. The first-order valence-electron chi connectivity index (χ1n) is 16.0. The molecule has 2 unspecified atom stereocenters. The van der Waals surface area contributed by atoms with Crippen LogP contribution in [0.1, 0.15) is 31.2 Å². The predicted octanol–water partition coefficient (Wildman–Crippen LogP) is 4.66. The molecule has 2 aromatic carbocycles. The van der Waals surface area contributed by atoms with Gasteiger partial charge in [0.05, 0.1) is 17.5 Å². The van der Waals surface area contributed by atoms with Crippen LogP contribution in [0.3, 0.4) is 0 Å². The van der Waals surface area contributed by atoms with Crippen molar-refractivity contribution in [1.29, 1.82) is 0 Å². The Morgan fingerprint density at radius 3 is 2.80 bits per heavy atom. The highest BCUT2D eigenvalue weighted by molar-refractivity contribution is 6.02. The van der Waals surface area contributed by atoms with E-state index in [0.29, 0.717) is 64.3 Å². The van der Waals surface area contributed by atoms with Gasteiger partial charge in [-0.15, -0.1) is 6.42 Å². The fraction of sp³-hybridized carbons (Fsp3) is 0.417. The van der Waals surface area contributed by atoms with Crippen molar-refractivity contribution in [2.24, 2.45) is 5.92 Å². The smallest absolute Gasteiger partial charge is 0.319 e. The molecule has 236 valence electrons. The Kier molecular flexibility index (Phi) is 7.09. The number of benzene rings is 2. The van der Waals surface area contributed by atoms with Crippen LogP contribution in [0.15, 0.2) is 48.7 Å². The number of phenolic OH excluding ortho intramolecular Hbond substituents is 1. The molecule has 0 radical (unpaired) electrons. The standard InChI is InChI=1S/C36H37FN6O3/c1-4-23-6-5-7-24-10-27(44)11-28(30(23)24)32-31(37)33-29(14-38-32)34(42-17-25-8-9-26(18-42)39-25)41-35(40-33)46-20-36-12-21(2)15-43(36)16-22(13-36)19-45-3/h1,5-7,10-11,14,22,25-26,39,44H,2,8-9,12-13,15-20H2,3H3/t22-,25?,26?,36+/m0/s1. The summed E-state index contributed by atoms with van der Waals surface area (Å²) in [5.74, 6) is 3.10. The second-order valence-electron chi connectivity index (χ2n) is 13.4. The minimum Gasteiger partial charge on any atom is -0.508 e. The van der Waals surface area contributed by atoms with Gasteiger partial charge >= 0.3 is 6.01 Å². The van der Waals surface area contributed by atoms with Gasteiger partial charge in [0.15, 0.2) is 5.82 Å². The third kappa shape index (κ3) is 4.85. The number of phenols is 1. The summed E-state index contributed by atoms with van der Waals surface area (Å²) >= 11 is 0. The summed E-state index contributed by atoms with van der Waals surface area (Å²) in [6.07, 6.45) is 11.4. The van der Waals surface area contributed by atoms with Gasteiger partial charge in [0.25, 0.3) is 0 Å². The second-order valence-corrected chi connectivity index (χ2v) is 13.4. The summed E-state index contributed by atoms with van der Waals surface area (Å²) in [5.41, 5.74) is 2.13. The fourth-order valence-electron chi connectivity index (χ4n) is 8.40. The van der Waals surface area contributed by atoms with E-state index in [4.69, 9.17) is 25.9 Å². The molecular weight excluding hydrogens is 583 g/mol. The number of rotatable bonds is 7. The van der Waals surface area contributed by atoms with Crippen molar-refractivity contribution in [1.82, 2.24) is 25.2 Å². The fourth-order valence-corrected chi connectivity index (χ4v) is 8.40. The number of aromatic nitrogens is 3. The van der Waals surface area contributed by atoms with Gasteiger partial charge in [0.2, 0.25) is 0 Å². The van der Waals surface area contributed by atoms with Gasteiger partial charge in [0.1, 0.15) is 29.4 Å². The number of ether oxygens (including phenoxy) is 2. The normalized spacial score (nSPS) is 25.8. The molecule has 0 amide bonds. The molecule has 6 heterocycles. The summed E-state index contributed by atoms with van der Waals surface area (Å²) < 4.78 is 28.8. The molecule has 4 aliphatic rings. The maximum absolute atomic E-state index is 16.9. The molecule has 2 aromatic heterocycles. The molecule has 2 bridgehead atoms. The van der Waals surface area contributed by atoms with Crippen LogP contribution in [0.5, 0.6) is 11.8 Å². The number of halogens is 1. The SMILES string of the molecule is C#Cc1cccc2cc(O)cc(-c3ncc4c(N5CC6CCC(C5)N6)nc(OC[C@]56CC(=C)CN5C[C@@H](COC)C6)nc4c3F)c12. The second kappa shape index (κ2) is 11.2. The molecule has 0 spiro atoms. The summed E-state index contributed by atoms with van der Waals surface area (Å²) in [7, 11) is 1.74. The van der Waals surface area contributed by atoms with E-state index < -0.39 is 5.82 Å². The highest BCUT2D eigenvalue weighted by atomic mass is 19.1. The van der Waals surface area contributed by atoms with E-state index in [1.165, 1.54) is 11.6 Å². The monoisotopic (exact) mass is 620 g/mol. The minimum atomic E-state index is -0.613. The largest absolute Gasteiger partial charge is 0.508 e. The van der Waals surface area contributed by atoms with Crippen molar-refractivity contribution in [3.05, 3.63) is 60.1 Å². The zero-order valence-corrected chi connectivity index (χ0v) is 25.9. The van der Waals surface area contributed by atoms with Crippen molar-refractivity contribution in [3.8, 4) is 35.4 Å². The lowest BCUT2D eigenvalue weighted by Gasteiger charge is -2.34. The van der Waals surface area contributed by atoms with Gasteiger partial charge < -0.3 is 24.8 Å². The first-order valence-corrected chi connectivity index (χ1v) is 16.0. The molecular formula is C36H37FN6O3. The van der Waals surface area contributed by atoms with Crippen molar-refractivity contribution in [2.45, 2.75) is 43.3 Å². The summed E-state index contributed by atoms with van der Waals surface area (Å²) in [6.45, 7) is 8.60. The number of hydrogen-bond donors (Lipinski definition) is 2. The average molecular weight is 621 g/mol. The van der Waals surface area contributed by atoms with Gasteiger partial charge in [-0.2, -0.15) is 9.97 Å². The van der Waals surface area contributed by atoms with Crippen molar-refractivity contribution >= 4 is 27.5 Å². The number of methoxy groups -OCH3 is 1. The number of piperazine rings is 1. The van der Waals surface area contributed by atoms with Crippen LogP contribution in [0, 0.1) is 24.1 Å². The molecule has 46 heavy (non-hydrogen) atoms. The summed E-state index contributed by atoms with van der Waals surface area (Å²) in [6, 6.07) is 9.40. The number of nitrogens with zero attached hydrogens (tertiary/aromatic N) is 5. The number of hydrogen-bond acceptors (Lipinski definition) is 9. The first kappa shape index (κ1) is 29.1. The molecule has 8 rings (SSSR count). The molecule has 4 aromatic rings. The van der Waals surface area contributed by atoms with Gasteiger partial charge in [-0.25, -0.2) is 4.39 Å². The van der Waals surface area contributed by atoms with Crippen molar-refractivity contribution in [2.75, 3.05) is 51.4 Å². The van der Waals surface area contributed by atoms with E-state index in [0.717, 1.165) is 51.9 Å². The number of aromatic hydroxyl groups is 1. The number of terminal acetylenes is 1. The molecule has 4 aliphatic heterocycles. The zero-order chi connectivity index (χ0) is 31.6. The maximum Gasteiger partial charge on any atom is 0.319 e. The van der Waals surface area contributed by atoms with Crippen LogP contribution in [0.4, 0.5) is 10.2 Å².